The molecule has 96 valence electrons. The number of hydrogen-bond donors (Lipinski definition) is 2. The quantitative estimate of drug-likeness (QED) is 0.840. The Morgan fingerprint density at radius 1 is 1.35 bits per heavy atom. The first-order chi connectivity index (χ1) is 8.29. The van der Waals surface area contributed by atoms with Crippen LogP contribution in [0.5, 0.6) is 5.88 Å². The van der Waals surface area contributed by atoms with E-state index in [0.29, 0.717) is 0 Å². The summed E-state index contributed by atoms with van der Waals surface area (Å²) in [6.07, 6.45) is 8.80. The highest BCUT2D eigenvalue weighted by molar-refractivity contribution is 7.15. The van der Waals surface area contributed by atoms with Gasteiger partial charge in [-0.2, -0.15) is 4.98 Å². The van der Waals surface area contributed by atoms with Gasteiger partial charge in [0.25, 0.3) is 0 Å². The van der Waals surface area contributed by atoms with E-state index in [0.717, 1.165) is 35.3 Å². The maximum absolute atomic E-state index is 9.66. The predicted octanol–water partition coefficient (Wildman–Crippen LogP) is 3.79. The third-order valence-electron chi connectivity index (χ3n) is 3.42. The first kappa shape index (κ1) is 12.7. The summed E-state index contributed by atoms with van der Waals surface area (Å²) < 4.78 is 0. The number of nitrogens with zero attached hydrogens (tertiary/aromatic N) is 1. The lowest BCUT2D eigenvalue weighted by Gasteiger charge is -2.21. The highest BCUT2D eigenvalue weighted by Gasteiger charge is 2.14. The average Bonchev–Trinajstić information content (AvgIpc) is 2.70. The fraction of sp³-hybridized carbons (Fsp3) is 0.769. The van der Waals surface area contributed by atoms with Crippen LogP contribution in [0.1, 0.15) is 50.3 Å². The van der Waals surface area contributed by atoms with Crippen molar-refractivity contribution in [3.05, 3.63) is 4.88 Å². The number of nitrogens with one attached hydrogen (secondary N) is 1. The highest BCUT2D eigenvalue weighted by atomic mass is 32.1. The molecule has 0 aromatic carbocycles. The van der Waals surface area contributed by atoms with Crippen molar-refractivity contribution in [1.29, 1.82) is 0 Å². The number of thiazole rings is 1. The minimum atomic E-state index is 0.225. The molecule has 1 fully saturated rings. The lowest BCUT2D eigenvalue weighted by atomic mass is 9.89. The molecule has 1 aromatic rings. The third-order valence-corrected chi connectivity index (χ3v) is 4.48. The Morgan fingerprint density at radius 2 is 2.12 bits per heavy atom. The summed E-state index contributed by atoms with van der Waals surface area (Å²) in [5, 5.41) is 13.9. The van der Waals surface area contributed by atoms with Gasteiger partial charge in [0.1, 0.15) is 0 Å². The Kier molecular flexibility index (Phi) is 4.66. The number of aromatic hydroxyl groups is 1. The van der Waals surface area contributed by atoms with Gasteiger partial charge in [0.2, 0.25) is 5.88 Å². The van der Waals surface area contributed by atoms with Gasteiger partial charge in [-0.25, -0.2) is 0 Å². The molecule has 2 rings (SSSR count). The molecular formula is C13H22N2OS. The van der Waals surface area contributed by atoms with Crippen molar-refractivity contribution in [2.75, 3.05) is 11.9 Å². The van der Waals surface area contributed by atoms with Crippen LogP contribution < -0.4 is 5.32 Å². The minimum Gasteiger partial charge on any atom is -0.492 e. The van der Waals surface area contributed by atoms with Crippen molar-refractivity contribution in [3.8, 4) is 5.88 Å². The summed E-state index contributed by atoms with van der Waals surface area (Å²) >= 11 is 1.60. The molecule has 0 amide bonds. The van der Waals surface area contributed by atoms with Gasteiger partial charge in [-0.3, -0.25) is 0 Å². The van der Waals surface area contributed by atoms with Crippen LogP contribution in [0.4, 0.5) is 5.13 Å². The van der Waals surface area contributed by atoms with Crippen LogP contribution in [0.25, 0.3) is 0 Å². The van der Waals surface area contributed by atoms with E-state index in [2.05, 4.69) is 17.2 Å². The van der Waals surface area contributed by atoms with Gasteiger partial charge in [-0.1, -0.05) is 43.9 Å². The molecule has 0 atom stereocenters. The Morgan fingerprint density at radius 3 is 2.82 bits per heavy atom. The molecule has 0 radical (unpaired) electrons. The molecule has 17 heavy (non-hydrogen) atoms. The third kappa shape index (κ3) is 3.60. The molecule has 3 nitrogen and oxygen atoms in total. The van der Waals surface area contributed by atoms with E-state index in [1.807, 2.05) is 0 Å². The fourth-order valence-corrected chi connectivity index (χ4v) is 3.40. The molecule has 0 spiro atoms. The van der Waals surface area contributed by atoms with E-state index in [1.54, 1.807) is 11.3 Å². The summed E-state index contributed by atoms with van der Waals surface area (Å²) in [6.45, 7) is 3.13. The second-order valence-electron chi connectivity index (χ2n) is 4.90. The van der Waals surface area contributed by atoms with E-state index in [1.165, 1.54) is 32.1 Å². The molecule has 1 aliphatic carbocycles. The Balaban J connectivity index is 1.83. The second kappa shape index (κ2) is 6.24. The smallest absolute Gasteiger partial charge is 0.227 e. The zero-order valence-electron chi connectivity index (χ0n) is 10.5. The highest BCUT2D eigenvalue weighted by Crippen LogP contribution is 2.30. The second-order valence-corrected chi connectivity index (χ2v) is 5.98. The SMILES string of the molecule is CCCc1sc(NCC2CCCCC2)nc1O. The Hall–Kier alpha value is -0.770. The maximum Gasteiger partial charge on any atom is 0.227 e. The molecule has 0 aliphatic heterocycles. The van der Waals surface area contributed by atoms with Crippen molar-refractivity contribution in [2.24, 2.45) is 5.92 Å². The monoisotopic (exact) mass is 254 g/mol. The molecule has 2 N–H and O–H groups in total. The zero-order chi connectivity index (χ0) is 12.1. The van der Waals surface area contributed by atoms with Gasteiger partial charge in [0, 0.05) is 6.54 Å². The number of aromatic nitrogens is 1. The molecule has 1 heterocycles. The molecule has 1 aliphatic rings. The van der Waals surface area contributed by atoms with Gasteiger partial charge in [0.05, 0.1) is 4.88 Å². The standard InChI is InChI=1S/C13H22N2OS/c1-2-6-11-12(16)15-13(17-11)14-9-10-7-4-3-5-8-10/h10,16H,2-9H2,1H3,(H,14,15). The largest absolute Gasteiger partial charge is 0.492 e. The lowest BCUT2D eigenvalue weighted by molar-refractivity contribution is 0.373. The molecule has 0 bridgehead atoms. The van der Waals surface area contributed by atoms with Crippen molar-refractivity contribution in [3.63, 3.8) is 0 Å². The average molecular weight is 254 g/mol. The minimum absolute atomic E-state index is 0.225. The normalized spacial score (nSPS) is 17.2. The first-order valence-corrected chi connectivity index (χ1v) is 7.53. The van der Waals surface area contributed by atoms with E-state index in [-0.39, 0.29) is 5.88 Å². The van der Waals surface area contributed by atoms with Crippen LogP contribution in [-0.2, 0) is 6.42 Å². The van der Waals surface area contributed by atoms with Gasteiger partial charge in [0.15, 0.2) is 5.13 Å². The number of hydrogen-bond acceptors (Lipinski definition) is 4. The van der Waals surface area contributed by atoms with Crippen molar-refractivity contribution >= 4 is 16.5 Å². The van der Waals surface area contributed by atoms with Crippen LogP contribution in [0.2, 0.25) is 0 Å². The topological polar surface area (TPSA) is 45.2 Å². The number of aryl methyl sites for hydroxylation is 1. The summed E-state index contributed by atoms with van der Waals surface area (Å²) in [6, 6.07) is 0. The molecule has 4 heteroatoms. The predicted molar refractivity (Wildman–Crippen MR) is 72.8 cm³/mol. The van der Waals surface area contributed by atoms with Crippen molar-refractivity contribution in [2.45, 2.75) is 51.9 Å². The molecule has 1 aromatic heterocycles. The van der Waals surface area contributed by atoms with E-state index < -0.39 is 0 Å². The van der Waals surface area contributed by atoms with E-state index in [9.17, 15) is 5.11 Å². The van der Waals surface area contributed by atoms with E-state index in [4.69, 9.17) is 0 Å². The number of anilines is 1. The Labute approximate surface area is 107 Å². The van der Waals surface area contributed by atoms with Crippen LogP contribution in [0, 0.1) is 5.92 Å². The van der Waals surface area contributed by atoms with E-state index >= 15 is 0 Å². The van der Waals surface area contributed by atoms with Crippen molar-refractivity contribution < 1.29 is 5.11 Å². The van der Waals surface area contributed by atoms with Gasteiger partial charge in [-0.15, -0.1) is 0 Å². The molecule has 0 unspecified atom stereocenters. The summed E-state index contributed by atoms with van der Waals surface area (Å²) in [7, 11) is 0. The first-order valence-electron chi connectivity index (χ1n) is 6.72. The van der Waals surface area contributed by atoms with Gasteiger partial charge in [-0.05, 0) is 25.2 Å². The zero-order valence-corrected chi connectivity index (χ0v) is 11.4. The summed E-state index contributed by atoms with van der Waals surface area (Å²) in [5.41, 5.74) is 0. The van der Waals surface area contributed by atoms with Crippen LogP contribution in [0.3, 0.4) is 0 Å². The van der Waals surface area contributed by atoms with Gasteiger partial charge < -0.3 is 10.4 Å². The van der Waals surface area contributed by atoms with Gasteiger partial charge >= 0.3 is 0 Å². The fourth-order valence-electron chi connectivity index (χ4n) is 2.43. The van der Waals surface area contributed by atoms with Crippen molar-refractivity contribution in [1.82, 2.24) is 4.98 Å². The molecule has 1 saturated carbocycles. The van der Waals surface area contributed by atoms with Crippen LogP contribution >= 0.6 is 11.3 Å². The van der Waals surface area contributed by atoms with Crippen LogP contribution in [0.15, 0.2) is 0 Å². The lowest BCUT2D eigenvalue weighted by Crippen LogP contribution is -2.16. The molecular weight excluding hydrogens is 232 g/mol. The number of rotatable bonds is 5. The maximum atomic E-state index is 9.66. The Bertz CT molecular complexity index is 345. The summed E-state index contributed by atoms with van der Waals surface area (Å²) in [5.74, 6) is 1.02. The summed E-state index contributed by atoms with van der Waals surface area (Å²) in [4.78, 5) is 5.19. The van der Waals surface area contributed by atoms with Crippen LogP contribution in [-0.4, -0.2) is 16.6 Å². The molecule has 0 saturated heterocycles.